The van der Waals surface area contributed by atoms with E-state index >= 15 is 0 Å². The molecule has 7 nitrogen and oxygen atoms in total. The molecule has 0 atom stereocenters. The van der Waals surface area contributed by atoms with Gasteiger partial charge in [0.1, 0.15) is 23.7 Å². The summed E-state index contributed by atoms with van der Waals surface area (Å²) in [6, 6.07) is 3.41. The molecule has 0 aliphatic rings. The van der Waals surface area contributed by atoms with Crippen LogP contribution in [0.2, 0.25) is 0 Å². The Labute approximate surface area is 160 Å². The van der Waals surface area contributed by atoms with Crippen molar-refractivity contribution in [2.24, 2.45) is 11.5 Å². The molecule has 2 aromatic heterocycles. The number of aromatic nitrogens is 1. The summed E-state index contributed by atoms with van der Waals surface area (Å²) in [5.41, 5.74) is 13.9. The van der Waals surface area contributed by atoms with E-state index in [9.17, 15) is 9.59 Å². The first-order valence-corrected chi connectivity index (χ1v) is 9.20. The molecule has 0 unspecified atom stereocenters. The number of primary amides is 2. The number of rotatable bonds is 6. The van der Waals surface area contributed by atoms with Crippen LogP contribution in [0.3, 0.4) is 0 Å². The Morgan fingerprint density at radius 2 is 1.96 bits per heavy atom. The van der Waals surface area contributed by atoms with Gasteiger partial charge in [-0.2, -0.15) is 0 Å². The third kappa shape index (κ3) is 3.16. The van der Waals surface area contributed by atoms with Crippen molar-refractivity contribution in [3.63, 3.8) is 0 Å². The van der Waals surface area contributed by atoms with Gasteiger partial charge >= 0.3 is 0 Å². The van der Waals surface area contributed by atoms with Gasteiger partial charge in [-0.15, -0.1) is 11.3 Å². The van der Waals surface area contributed by atoms with Crippen LogP contribution in [0.15, 0.2) is 22.1 Å². The summed E-state index contributed by atoms with van der Waals surface area (Å²) in [5, 5.41) is 0.460. The number of carbonyl (C=O) groups excluding carboxylic acids is 2. The zero-order valence-corrected chi connectivity index (χ0v) is 16.4. The van der Waals surface area contributed by atoms with Crippen molar-refractivity contribution in [3.05, 3.63) is 45.1 Å². The summed E-state index contributed by atoms with van der Waals surface area (Å²) < 4.78 is 11.7. The molecule has 142 valence electrons. The van der Waals surface area contributed by atoms with Crippen LogP contribution >= 0.6 is 11.3 Å². The van der Waals surface area contributed by atoms with Crippen LogP contribution < -0.4 is 16.2 Å². The molecule has 3 aromatic rings. The number of hydrogen-bond donors (Lipinski definition) is 2. The highest BCUT2D eigenvalue weighted by atomic mass is 32.1. The van der Waals surface area contributed by atoms with E-state index in [2.05, 4.69) is 4.98 Å². The van der Waals surface area contributed by atoms with E-state index in [1.807, 2.05) is 6.92 Å². The van der Waals surface area contributed by atoms with E-state index in [0.29, 0.717) is 28.0 Å². The quantitative estimate of drug-likeness (QED) is 0.673. The average Bonchev–Trinajstić information content (AvgIpc) is 3.13. The van der Waals surface area contributed by atoms with Crippen LogP contribution in [-0.2, 0) is 16.8 Å². The van der Waals surface area contributed by atoms with Gasteiger partial charge in [-0.1, -0.05) is 0 Å². The Balaban J connectivity index is 2.24. The molecule has 4 N–H and O–H groups in total. The zero-order valence-electron chi connectivity index (χ0n) is 15.6. The van der Waals surface area contributed by atoms with E-state index in [1.54, 1.807) is 38.4 Å². The zero-order chi connectivity index (χ0) is 19.9. The Kier molecular flexibility index (Phi) is 4.69. The van der Waals surface area contributed by atoms with Crippen molar-refractivity contribution >= 4 is 34.1 Å². The first-order valence-electron chi connectivity index (χ1n) is 8.32. The largest absolute Gasteiger partial charge is 0.488 e. The fourth-order valence-corrected chi connectivity index (χ4v) is 3.75. The van der Waals surface area contributed by atoms with Crippen LogP contribution in [0.1, 0.15) is 46.1 Å². The van der Waals surface area contributed by atoms with Gasteiger partial charge in [-0.05, 0) is 39.8 Å². The van der Waals surface area contributed by atoms with Crippen LogP contribution in [0.4, 0.5) is 0 Å². The molecule has 0 spiro atoms. The second kappa shape index (κ2) is 6.70. The molecule has 0 saturated carbocycles. The maximum Gasteiger partial charge on any atom is 0.252 e. The second-order valence-corrected chi connectivity index (χ2v) is 7.79. The first-order chi connectivity index (χ1) is 12.6. The maximum atomic E-state index is 12.2. The molecule has 0 aliphatic carbocycles. The lowest BCUT2D eigenvalue weighted by atomic mass is 9.80. The number of aryl methyl sites for hydroxylation is 2. The van der Waals surface area contributed by atoms with Crippen molar-refractivity contribution in [2.45, 2.75) is 39.7 Å². The highest BCUT2D eigenvalue weighted by Gasteiger charge is 2.36. The number of fused-ring (bicyclic) bond motifs is 1. The molecular formula is C19H21N3O4S. The van der Waals surface area contributed by atoms with Gasteiger partial charge < -0.3 is 20.6 Å². The summed E-state index contributed by atoms with van der Waals surface area (Å²) in [6.07, 6.45) is 0. The van der Waals surface area contributed by atoms with Gasteiger partial charge in [-0.3, -0.25) is 9.59 Å². The third-order valence-corrected chi connectivity index (χ3v) is 5.59. The van der Waals surface area contributed by atoms with Gasteiger partial charge in [0.2, 0.25) is 5.91 Å². The van der Waals surface area contributed by atoms with Crippen molar-refractivity contribution in [2.75, 3.05) is 0 Å². The summed E-state index contributed by atoms with van der Waals surface area (Å²) in [4.78, 5) is 29.4. The molecule has 0 saturated heterocycles. The van der Waals surface area contributed by atoms with Crippen molar-refractivity contribution in [1.82, 2.24) is 4.98 Å². The number of furan rings is 1. The van der Waals surface area contributed by atoms with Gasteiger partial charge in [0.15, 0.2) is 0 Å². The minimum Gasteiger partial charge on any atom is -0.488 e. The van der Waals surface area contributed by atoms with Crippen LogP contribution in [0, 0.1) is 13.8 Å². The fraction of sp³-hybridized carbons (Fsp3) is 0.316. The Morgan fingerprint density at radius 1 is 1.26 bits per heavy atom. The number of ether oxygens (including phenoxy) is 1. The number of thiazole rings is 1. The number of benzene rings is 1. The number of amides is 2. The molecule has 1 aromatic carbocycles. The predicted molar refractivity (Wildman–Crippen MR) is 103 cm³/mol. The normalized spacial score (nSPS) is 11.7. The number of carbonyl (C=O) groups is 2. The third-order valence-electron chi connectivity index (χ3n) is 4.69. The lowest BCUT2D eigenvalue weighted by Crippen LogP contribution is -2.36. The molecular weight excluding hydrogens is 366 g/mol. The highest BCUT2D eigenvalue weighted by molar-refractivity contribution is 7.09. The summed E-state index contributed by atoms with van der Waals surface area (Å²) in [6.45, 7) is 7.20. The summed E-state index contributed by atoms with van der Waals surface area (Å²) in [5.74, 6) is -0.358. The minimum atomic E-state index is -1.11. The fourth-order valence-electron chi connectivity index (χ4n) is 3.06. The molecule has 0 aliphatic heterocycles. The van der Waals surface area contributed by atoms with Crippen LogP contribution in [0.5, 0.6) is 5.75 Å². The molecule has 0 fully saturated rings. The average molecular weight is 387 g/mol. The van der Waals surface area contributed by atoms with Gasteiger partial charge in [-0.25, -0.2) is 4.98 Å². The monoisotopic (exact) mass is 387 g/mol. The summed E-state index contributed by atoms with van der Waals surface area (Å²) >= 11 is 1.48. The van der Waals surface area contributed by atoms with Crippen LogP contribution in [0.25, 0.3) is 11.0 Å². The smallest absolute Gasteiger partial charge is 0.252 e. The van der Waals surface area contributed by atoms with Crippen molar-refractivity contribution in [1.29, 1.82) is 0 Å². The lowest BCUT2D eigenvalue weighted by molar-refractivity contribution is -0.122. The topological polar surface area (TPSA) is 121 Å². The molecule has 0 radical (unpaired) electrons. The molecule has 8 heteroatoms. The molecule has 27 heavy (non-hydrogen) atoms. The van der Waals surface area contributed by atoms with Crippen molar-refractivity contribution in [3.8, 4) is 5.75 Å². The molecule has 2 heterocycles. The SMILES string of the molecule is Cc1ncsc1COc1ccc2oc(C)c(C(N)=O)c2c1C(C)(C)C(N)=O. The molecule has 2 amide bonds. The van der Waals surface area contributed by atoms with Gasteiger partial charge in [0.25, 0.3) is 5.91 Å². The minimum absolute atomic E-state index is 0.230. The number of nitrogens with two attached hydrogens (primary N) is 2. The summed E-state index contributed by atoms with van der Waals surface area (Å²) in [7, 11) is 0. The Morgan fingerprint density at radius 3 is 2.52 bits per heavy atom. The number of hydrogen-bond acceptors (Lipinski definition) is 6. The first kappa shape index (κ1) is 18.9. The van der Waals surface area contributed by atoms with E-state index in [4.69, 9.17) is 20.6 Å². The Bertz CT molecular complexity index is 1050. The number of nitrogens with zero attached hydrogens (tertiary/aromatic N) is 1. The van der Waals surface area contributed by atoms with E-state index in [0.717, 1.165) is 10.6 Å². The van der Waals surface area contributed by atoms with Gasteiger partial charge in [0.05, 0.1) is 27.1 Å². The van der Waals surface area contributed by atoms with E-state index in [1.165, 1.54) is 11.3 Å². The molecule has 3 rings (SSSR count). The highest BCUT2D eigenvalue weighted by Crippen LogP contribution is 2.41. The standard InChI is InChI=1S/C19H21N3O4S/c1-9-13(27-8-22-9)7-25-12-6-5-11-15(14(17(20)23)10(2)26-11)16(12)19(3,4)18(21)24/h5-6,8H,7H2,1-4H3,(H2,20,23)(H2,21,24). The maximum absolute atomic E-state index is 12.2. The van der Waals surface area contributed by atoms with E-state index < -0.39 is 17.2 Å². The van der Waals surface area contributed by atoms with E-state index in [-0.39, 0.29) is 12.2 Å². The van der Waals surface area contributed by atoms with Crippen molar-refractivity contribution < 1.29 is 18.7 Å². The second-order valence-electron chi connectivity index (χ2n) is 6.85. The predicted octanol–water partition coefficient (Wildman–Crippen LogP) is 2.95. The van der Waals surface area contributed by atoms with Gasteiger partial charge in [0, 0.05) is 10.9 Å². The Hall–Kier alpha value is -2.87. The lowest BCUT2D eigenvalue weighted by Gasteiger charge is -2.25. The van der Waals surface area contributed by atoms with Crippen LogP contribution in [-0.4, -0.2) is 16.8 Å². The molecule has 0 bridgehead atoms.